The molecule has 4 nitrogen and oxygen atoms in total. The van der Waals surface area contributed by atoms with Gasteiger partial charge in [0.1, 0.15) is 0 Å². The number of H-pyrrole nitrogens is 1. The molecule has 24 heavy (non-hydrogen) atoms. The molecule has 2 N–H and O–H groups in total. The van der Waals surface area contributed by atoms with Gasteiger partial charge >= 0.3 is 0 Å². The quantitative estimate of drug-likeness (QED) is 0.877. The highest BCUT2D eigenvalue weighted by Gasteiger charge is 2.38. The molecular formula is C19H24ClN3O. The Bertz CT molecular complexity index is 682. The molecule has 1 amide bonds. The van der Waals surface area contributed by atoms with Crippen LogP contribution in [0.3, 0.4) is 0 Å². The minimum atomic E-state index is 0. The number of aromatic nitrogens is 1. The Labute approximate surface area is 149 Å². The number of carbonyl (C=O) groups is 1. The van der Waals surface area contributed by atoms with Gasteiger partial charge < -0.3 is 15.2 Å². The highest BCUT2D eigenvalue weighted by molar-refractivity contribution is 6.00. The van der Waals surface area contributed by atoms with E-state index in [4.69, 9.17) is 0 Å². The third-order valence-corrected chi connectivity index (χ3v) is 5.50. The van der Waals surface area contributed by atoms with Gasteiger partial charge in [-0.1, -0.05) is 30.3 Å². The molecular weight excluding hydrogens is 322 g/mol. The zero-order chi connectivity index (χ0) is 15.7. The Morgan fingerprint density at radius 3 is 2.46 bits per heavy atom. The van der Waals surface area contributed by atoms with Gasteiger partial charge in [-0.25, -0.2) is 0 Å². The minimum absolute atomic E-state index is 0. The zero-order valence-electron chi connectivity index (χ0n) is 13.8. The molecule has 2 fully saturated rings. The van der Waals surface area contributed by atoms with Gasteiger partial charge in [0.05, 0.1) is 5.56 Å². The van der Waals surface area contributed by atoms with E-state index in [-0.39, 0.29) is 18.3 Å². The molecule has 0 radical (unpaired) electrons. The maximum Gasteiger partial charge on any atom is 0.256 e. The molecule has 5 heteroatoms. The second-order valence-corrected chi connectivity index (χ2v) is 6.87. The Balaban J connectivity index is 0.00000169. The zero-order valence-corrected chi connectivity index (χ0v) is 14.6. The molecule has 0 aliphatic carbocycles. The van der Waals surface area contributed by atoms with Crippen LogP contribution >= 0.6 is 12.4 Å². The number of amides is 1. The summed E-state index contributed by atoms with van der Waals surface area (Å²) in [5, 5.41) is 3.48. The molecule has 2 aliphatic heterocycles. The van der Waals surface area contributed by atoms with E-state index in [1.54, 1.807) is 0 Å². The Kier molecular flexibility index (Phi) is 4.97. The largest absolute Gasteiger partial charge is 0.366 e. The fraction of sp³-hybridized carbons (Fsp3) is 0.421. The average Bonchev–Trinajstić information content (AvgIpc) is 3.26. The van der Waals surface area contributed by atoms with Crippen LogP contribution in [0, 0.1) is 5.41 Å². The minimum Gasteiger partial charge on any atom is -0.366 e. The van der Waals surface area contributed by atoms with E-state index in [1.165, 1.54) is 6.42 Å². The van der Waals surface area contributed by atoms with Crippen LogP contribution in [0.5, 0.6) is 0 Å². The van der Waals surface area contributed by atoms with Crippen molar-refractivity contribution in [3.8, 4) is 11.1 Å². The fourth-order valence-corrected chi connectivity index (χ4v) is 3.97. The third kappa shape index (κ3) is 3.08. The molecule has 1 aromatic heterocycles. The lowest BCUT2D eigenvalue weighted by molar-refractivity contribution is 0.0608. The van der Waals surface area contributed by atoms with E-state index in [0.29, 0.717) is 5.41 Å². The normalized spacial score (nSPS) is 19.2. The van der Waals surface area contributed by atoms with Gasteiger partial charge in [0.15, 0.2) is 0 Å². The number of rotatable bonds is 2. The van der Waals surface area contributed by atoms with Crippen LogP contribution in [0.15, 0.2) is 42.7 Å². The van der Waals surface area contributed by atoms with Gasteiger partial charge in [-0.2, -0.15) is 0 Å². The van der Waals surface area contributed by atoms with Crippen molar-refractivity contribution in [1.82, 2.24) is 15.2 Å². The maximum absolute atomic E-state index is 12.9. The first-order valence-corrected chi connectivity index (χ1v) is 8.50. The number of aromatic amines is 1. The highest BCUT2D eigenvalue weighted by atomic mass is 35.5. The standard InChI is InChI=1S/C19H23N3O.ClH/c23-18(22-10-7-19(8-11-22)6-9-20-14-19)17-13-21-12-16(17)15-4-2-1-3-5-15;/h1-5,12-13,20-21H,6-11,14H2;1H. The predicted octanol–water partition coefficient (Wildman–Crippen LogP) is 3.32. The monoisotopic (exact) mass is 345 g/mol. The van der Waals surface area contributed by atoms with E-state index in [9.17, 15) is 4.79 Å². The van der Waals surface area contributed by atoms with Crippen LogP contribution in [0.2, 0.25) is 0 Å². The van der Waals surface area contributed by atoms with Crippen LogP contribution in [0.4, 0.5) is 0 Å². The first-order chi connectivity index (χ1) is 11.3. The van der Waals surface area contributed by atoms with Crippen molar-refractivity contribution in [2.45, 2.75) is 19.3 Å². The summed E-state index contributed by atoms with van der Waals surface area (Å²) in [6.07, 6.45) is 7.27. The molecule has 128 valence electrons. The Hall–Kier alpha value is -1.78. The number of halogens is 1. The Morgan fingerprint density at radius 2 is 1.79 bits per heavy atom. The number of hydrogen-bond acceptors (Lipinski definition) is 2. The van der Waals surface area contributed by atoms with Crippen molar-refractivity contribution in [2.24, 2.45) is 5.41 Å². The molecule has 2 saturated heterocycles. The topological polar surface area (TPSA) is 48.1 Å². The van der Waals surface area contributed by atoms with Gasteiger partial charge in [0, 0.05) is 37.6 Å². The first-order valence-electron chi connectivity index (χ1n) is 8.50. The second-order valence-electron chi connectivity index (χ2n) is 6.87. The van der Waals surface area contributed by atoms with Crippen LogP contribution in [0.1, 0.15) is 29.6 Å². The van der Waals surface area contributed by atoms with Crippen LogP contribution in [0.25, 0.3) is 11.1 Å². The van der Waals surface area contributed by atoms with E-state index in [0.717, 1.165) is 55.7 Å². The second kappa shape index (κ2) is 6.99. The van der Waals surface area contributed by atoms with E-state index < -0.39 is 0 Å². The van der Waals surface area contributed by atoms with Crippen LogP contribution in [-0.2, 0) is 0 Å². The van der Waals surface area contributed by atoms with Crippen LogP contribution < -0.4 is 5.32 Å². The van der Waals surface area contributed by atoms with Crippen molar-refractivity contribution < 1.29 is 4.79 Å². The molecule has 4 rings (SSSR count). The van der Waals surface area contributed by atoms with Crippen molar-refractivity contribution in [3.63, 3.8) is 0 Å². The number of hydrogen-bond donors (Lipinski definition) is 2. The molecule has 2 aromatic rings. The van der Waals surface area contributed by atoms with Crippen LogP contribution in [-0.4, -0.2) is 42.0 Å². The lowest BCUT2D eigenvalue weighted by Gasteiger charge is -2.38. The molecule has 0 bridgehead atoms. The predicted molar refractivity (Wildman–Crippen MR) is 98.5 cm³/mol. The number of benzene rings is 1. The van der Waals surface area contributed by atoms with Crippen molar-refractivity contribution in [1.29, 1.82) is 0 Å². The van der Waals surface area contributed by atoms with Gasteiger partial charge in [-0.05, 0) is 36.8 Å². The average molecular weight is 346 g/mol. The number of likely N-dealkylation sites (tertiary alicyclic amines) is 1. The first kappa shape index (κ1) is 17.1. The summed E-state index contributed by atoms with van der Waals surface area (Å²) in [5.74, 6) is 0.158. The molecule has 2 aliphatic rings. The summed E-state index contributed by atoms with van der Waals surface area (Å²) >= 11 is 0. The smallest absolute Gasteiger partial charge is 0.256 e. The third-order valence-electron chi connectivity index (χ3n) is 5.50. The van der Waals surface area contributed by atoms with Crippen molar-refractivity contribution >= 4 is 18.3 Å². The summed E-state index contributed by atoms with van der Waals surface area (Å²) in [7, 11) is 0. The highest BCUT2D eigenvalue weighted by Crippen LogP contribution is 2.37. The molecule has 0 saturated carbocycles. The van der Waals surface area contributed by atoms with Gasteiger partial charge in [0.2, 0.25) is 0 Å². The van der Waals surface area contributed by atoms with Crippen molar-refractivity contribution in [2.75, 3.05) is 26.2 Å². The van der Waals surface area contributed by atoms with E-state index in [1.807, 2.05) is 35.5 Å². The molecule has 3 heterocycles. The Morgan fingerprint density at radius 1 is 1.04 bits per heavy atom. The van der Waals surface area contributed by atoms with E-state index in [2.05, 4.69) is 22.4 Å². The van der Waals surface area contributed by atoms with Crippen molar-refractivity contribution in [3.05, 3.63) is 48.3 Å². The maximum atomic E-state index is 12.9. The molecule has 1 spiro atoms. The summed E-state index contributed by atoms with van der Waals surface area (Å²) in [5.41, 5.74) is 3.32. The number of nitrogens with zero attached hydrogens (tertiary/aromatic N) is 1. The SMILES string of the molecule is Cl.O=C(c1c[nH]cc1-c1ccccc1)N1CCC2(CCNC2)CC1. The van der Waals surface area contributed by atoms with E-state index >= 15 is 0 Å². The number of piperidine rings is 1. The number of nitrogens with one attached hydrogen (secondary N) is 2. The summed E-state index contributed by atoms with van der Waals surface area (Å²) in [6, 6.07) is 10.1. The lowest BCUT2D eigenvalue weighted by Crippen LogP contribution is -2.44. The summed E-state index contributed by atoms with van der Waals surface area (Å²) < 4.78 is 0. The molecule has 0 atom stereocenters. The van der Waals surface area contributed by atoms with Gasteiger partial charge in [0.25, 0.3) is 5.91 Å². The van der Waals surface area contributed by atoms with Gasteiger partial charge in [-0.15, -0.1) is 12.4 Å². The summed E-state index contributed by atoms with van der Waals surface area (Å²) in [4.78, 5) is 18.1. The molecule has 1 aromatic carbocycles. The number of carbonyl (C=O) groups excluding carboxylic acids is 1. The fourth-order valence-electron chi connectivity index (χ4n) is 3.97. The molecule has 0 unspecified atom stereocenters. The summed E-state index contributed by atoms with van der Waals surface area (Å²) in [6.45, 7) is 4.00. The lowest BCUT2D eigenvalue weighted by atomic mass is 9.77. The van der Waals surface area contributed by atoms with Gasteiger partial charge in [-0.3, -0.25) is 4.79 Å².